The van der Waals surface area contributed by atoms with Crippen LogP contribution in [0.5, 0.6) is 5.75 Å². The summed E-state index contributed by atoms with van der Waals surface area (Å²) in [6, 6.07) is 4.83. The molecule has 0 aliphatic heterocycles. The molecular formula is C13H17N5O4. The van der Waals surface area contributed by atoms with Gasteiger partial charge in [0.15, 0.2) is 0 Å². The van der Waals surface area contributed by atoms with Crippen LogP contribution in [0.2, 0.25) is 0 Å². The molecule has 0 aromatic heterocycles. The zero-order valence-electron chi connectivity index (χ0n) is 12.3. The van der Waals surface area contributed by atoms with Crippen molar-refractivity contribution in [2.24, 2.45) is 11.0 Å². The molecule has 0 heterocycles. The van der Waals surface area contributed by atoms with Gasteiger partial charge < -0.3 is 10.1 Å². The molecule has 22 heavy (non-hydrogen) atoms. The van der Waals surface area contributed by atoms with Gasteiger partial charge in [0.1, 0.15) is 5.75 Å². The molecule has 9 heteroatoms. The van der Waals surface area contributed by atoms with Crippen molar-refractivity contribution in [3.8, 4) is 5.75 Å². The number of nitro groups is 1. The number of ether oxygens (including phenoxy) is 1. The molecule has 0 bridgehead atoms. The summed E-state index contributed by atoms with van der Waals surface area (Å²) in [6.45, 7) is 4.09. The van der Waals surface area contributed by atoms with Gasteiger partial charge in [-0.25, -0.2) is 4.79 Å². The Balaban J connectivity index is 2.61. The highest BCUT2D eigenvalue weighted by Crippen LogP contribution is 2.17. The van der Waals surface area contributed by atoms with E-state index in [-0.39, 0.29) is 24.0 Å². The van der Waals surface area contributed by atoms with Crippen molar-refractivity contribution >= 4 is 11.8 Å². The van der Waals surface area contributed by atoms with Crippen LogP contribution in [0.25, 0.3) is 10.4 Å². The first-order chi connectivity index (χ1) is 10.4. The molecule has 118 valence electrons. The third-order valence-corrected chi connectivity index (χ3v) is 2.70. The lowest BCUT2D eigenvalue weighted by Crippen LogP contribution is -2.39. The molecule has 0 spiro atoms. The molecule has 0 fully saturated rings. The lowest BCUT2D eigenvalue weighted by Gasteiger charge is -2.18. The summed E-state index contributed by atoms with van der Waals surface area (Å²) >= 11 is 0. The van der Waals surface area contributed by atoms with Crippen LogP contribution in [-0.2, 0) is 0 Å². The second-order valence-electron chi connectivity index (χ2n) is 5.02. The number of hydrogen-bond acceptors (Lipinski definition) is 5. The molecule has 0 aliphatic carbocycles. The van der Waals surface area contributed by atoms with Crippen molar-refractivity contribution in [1.29, 1.82) is 0 Å². The van der Waals surface area contributed by atoms with Crippen molar-refractivity contribution in [2.75, 3.05) is 6.54 Å². The number of nitro benzene ring substituents is 1. The van der Waals surface area contributed by atoms with E-state index >= 15 is 0 Å². The molecule has 0 radical (unpaired) electrons. The lowest BCUT2D eigenvalue weighted by molar-refractivity contribution is -0.384. The Morgan fingerprint density at radius 1 is 1.45 bits per heavy atom. The molecular weight excluding hydrogens is 290 g/mol. The first-order valence-electron chi connectivity index (χ1n) is 6.66. The van der Waals surface area contributed by atoms with E-state index in [0.29, 0.717) is 12.3 Å². The molecule has 0 aliphatic rings. The van der Waals surface area contributed by atoms with E-state index in [4.69, 9.17) is 10.3 Å². The van der Waals surface area contributed by atoms with E-state index in [1.807, 2.05) is 13.8 Å². The number of benzene rings is 1. The molecule has 1 N–H and O–H groups in total. The minimum Gasteiger partial charge on any atom is -0.410 e. The lowest BCUT2D eigenvalue weighted by atomic mass is 10.0. The molecule has 0 unspecified atom stereocenters. The van der Waals surface area contributed by atoms with Crippen LogP contribution in [0.15, 0.2) is 29.4 Å². The van der Waals surface area contributed by atoms with Gasteiger partial charge in [-0.1, -0.05) is 19.0 Å². The molecule has 0 saturated heterocycles. The number of non-ortho nitro benzene ring substituents is 1. The third-order valence-electron chi connectivity index (χ3n) is 2.70. The van der Waals surface area contributed by atoms with Crippen molar-refractivity contribution in [2.45, 2.75) is 26.3 Å². The molecule has 0 saturated carbocycles. The van der Waals surface area contributed by atoms with Crippen molar-refractivity contribution in [3.05, 3.63) is 44.8 Å². The summed E-state index contributed by atoms with van der Waals surface area (Å²) in [4.78, 5) is 24.4. The first kappa shape index (κ1) is 17.3. The third kappa shape index (κ3) is 6.10. The van der Waals surface area contributed by atoms with Gasteiger partial charge in [-0.15, -0.1) is 0 Å². The summed E-state index contributed by atoms with van der Waals surface area (Å²) in [7, 11) is 0. The number of carbonyl (C=O) groups is 1. The van der Waals surface area contributed by atoms with Crippen LogP contribution >= 0.6 is 0 Å². The normalized spacial score (nSPS) is 11.4. The number of nitrogens with zero attached hydrogens (tertiary/aromatic N) is 4. The van der Waals surface area contributed by atoms with Gasteiger partial charge in [0.05, 0.1) is 4.92 Å². The molecule has 1 amide bonds. The highest BCUT2D eigenvalue weighted by atomic mass is 16.6. The van der Waals surface area contributed by atoms with E-state index < -0.39 is 11.0 Å². The van der Waals surface area contributed by atoms with Gasteiger partial charge in [0.25, 0.3) is 5.69 Å². The van der Waals surface area contributed by atoms with E-state index in [0.717, 1.165) is 0 Å². The van der Waals surface area contributed by atoms with E-state index in [1.165, 1.54) is 24.3 Å². The minimum atomic E-state index is -0.701. The van der Waals surface area contributed by atoms with Gasteiger partial charge in [-0.2, -0.15) is 0 Å². The summed E-state index contributed by atoms with van der Waals surface area (Å²) in [5, 5.41) is 16.6. The van der Waals surface area contributed by atoms with Crippen LogP contribution in [0.3, 0.4) is 0 Å². The number of rotatable bonds is 7. The smallest absolute Gasteiger partial charge is 0.410 e. The molecule has 1 aromatic rings. The molecule has 9 nitrogen and oxygen atoms in total. The predicted octanol–water partition coefficient (Wildman–Crippen LogP) is 3.41. The summed E-state index contributed by atoms with van der Waals surface area (Å²) < 4.78 is 5.03. The quantitative estimate of drug-likeness (QED) is 0.272. The molecule has 1 rings (SSSR count). The Morgan fingerprint density at radius 3 is 2.59 bits per heavy atom. The maximum atomic E-state index is 11.8. The Hall–Kier alpha value is -2.80. The average Bonchev–Trinajstić information content (AvgIpc) is 2.44. The zero-order valence-corrected chi connectivity index (χ0v) is 12.3. The Bertz CT molecular complexity index is 566. The fourth-order valence-electron chi connectivity index (χ4n) is 1.82. The fraction of sp³-hybridized carbons (Fsp3) is 0.462. The van der Waals surface area contributed by atoms with Crippen molar-refractivity contribution in [3.63, 3.8) is 0 Å². The van der Waals surface area contributed by atoms with Crippen LogP contribution < -0.4 is 10.1 Å². The Labute approximate surface area is 127 Å². The predicted molar refractivity (Wildman–Crippen MR) is 79.5 cm³/mol. The highest BCUT2D eigenvalue weighted by molar-refractivity contribution is 5.70. The van der Waals surface area contributed by atoms with E-state index in [9.17, 15) is 14.9 Å². The average molecular weight is 307 g/mol. The van der Waals surface area contributed by atoms with Crippen molar-refractivity contribution < 1.29 is 14.5 Å². The van der Waals surface area contributed by atoms with Gasteiger partial charge in [0.2, 0.25) is 0 Å². The second-order valence-corrected chi connectivity index (χ2v) is 5.02. The van der Waals surface area contributed by atoms with E-state index in [2.05, 4.69) is 15.3 Å². The summed E-state index contributed by atoms with van der Waals surface area (Å²) in [6.07, 6.45) is -0.0679. The van der Waals surface area contributed by atoms with Gasteiger partial charge in [-0.3, -0.25) is 10.1 Å². The Kier molecular flexibility index (Phi) is 6.65. The summed E-state index contributed by atoms with van der Waals surface area (Å²) in [5.74, 6) is 0.494. The molecule has 1 aromatic carbocycles. The van der Waals surface area contributed by atoms with Crippen LogP contribution in [0, 0.1) is 16.0 Å². The summed E-state index contributed by atoms with van der Waals surface area (Å²) in [5.41, 5.74) is 8.26. The Morgan fingerprint density at radius 2 is 2.09 bits per heavy atom. The van der Waals surface area contributed by atoms with E-state index in [1.54, 1.807) is 0 Å². The number of amides is 1. The van der Waals surface area contributed by atoms with Gasteiger partial charge in [0, 0.05) is 29.6 Å². The number of hydrogen-bond donors (Lipinski definition) is 1. The van der Waals surface area contributed by atoms with Gasteiger partial charge in [-0.05, 0) is 30.0 Å². The number of carbonyl (C=O) groups excluding carboxylic acids is 1. The SMILES string of the molecule is CC(C)C[C@@H](CN=[N+]=[N-])NC(=O)Oc1ccc([N+](=O)[O-])cc1. The number of nitrogens with one attached hydrogen (secondary N) is 1. The largest absolute Gasteiger partial charge is 0.412 e. The standard InChI is InChI=1S/C13H17N5O4/c1-9(2)7-10(8-15-17-14)16-13(19)22-12-5-3-11(4-6-12)18(20)21/h3-6,9-10H,7-8H2,1-2H3,(H,16,19)/t10-/m0/s1. The monoisotopic (exact) mass is 307 g/mol. The van der Waals surface area contributed by atoms with Crippen LogP contribution in [0.4, 0.5) is 10.5 Å². The maximum Gasteiger partial charge on any atom is 0.412 e. The maximum absolute atomic E-state index is 11.8. The van der Waals surface area contributed by atoms with Crippen molar-refractivity contribution in [1.82, 2.24) is 5.32 Å². The molecule has 1 atom stereocenters. The highest BCUT2D eigenvalue weighted by Gasteiger charge is 2.15. The number of azide groups is 1. The minimum absolute atomic E-state index is 0.0891. The van der Waals surface area contributed by atoms with Crippen LogP contribution in [0.1, 0.15) is 20.3 Å². The second kappa shape index (κ2) is 8.48. The topological polar surface area (TPSA) is 130 Å². The first-order valence-corrected chi connectivity index (χ1v) is 6.66. The van der Waals surface area contributed by atoms with Gasteiger partial charge >= 0.3 is 6.09 Å². The van der Waals surface area contributed by atoms with Crippen LogP contribution in [-0.4, -0.2) is 23.6 Å². The fourth-order valence-corrected chi connectivity index (χ4v) is 1.82. The zero-order chi connectivity index (χ0) is 16.5.